The molecule has 178 valence electrons. The standard InChI is InChI=1S/C26H29N3O4S/c1-20-6-10-22(11-7-20)33-25-24(5-3-14-27-25)26(30)29-16-4-15-28(17-18-29)19-21-8-12-23(13-9-21)34(2,31)32/h3,5-14H,4,15-19H2,1-2H3. The van der Waals surface area contributed by atoms with Crippen molar-refractivity contribution in [1.29, 1.82) is 0 Å². The lowest BCUT2D eigenvalue weighted by Gasteiger charge is -2.22. The minimum Gasteiger partial charge on any atom is -0.438 e. The van der Waals surface area contributed by atoms with Gasteiger partial charge in [-0.1, -0.05) is 29.8 Å². The first-order chi connectivity index (χ1) is 16.3. The summed E-state index contributed by atoms with van der Waals surface area (Å²) in [4.78, 5) is 22.1. The first-order valence-electron chi connectivity index (χ1n) is 11.3. The fraction of sp³-hybridized carbons (Fsp3) is 0.308. The van der Waals surface area contributed by atoms with Crippen molar-refractivity contribution in [1.82, 2.24) is 14.8 Å². The maximum absolute atomic E-state index is 13.3. The summed E-state index contributed by atoms with van der Waals surface area (Å²) in [5, 5.41) is 0. The molecule has 1 aliphatic heterocycles. The van der Waals surface area contributed by atoms with Crippen molar-refractivity contribution in [3.05, 3.63) is 83.6 Å². The van der Waals surface area contributed by atoms with Gasteiger partial charge in [0.25, 0.3) is 5.91 Å². The highest BCUT2D eigenvalue weighted by atomic mass is 32.2. The van der Waals surface area contributed by atoms with Crippen LogP contribution in [0.4, 0.5) is 0 Å². The molecule has 34 heavy (non-hydrogen) atoms. The number of amides is 1. The largest absolute Gasteiger partial charge is 0.438 e. The number of carbonyl (C=O) groups excluding carboxylic acids is 1. The third-order valence-corrected chi connectivity index (χ3v) is 7.00. The van der Waals surface area contributed by atoms with Crippen molar-refractivity contribution in [2.45, 2.75) is 24.8 Å². The molecule has 0 bridgehead atoms. The molecule has 2 heterocycles. The Morgan fingerprint density at radius 2 is 1.71 bits per heavy atom. The van der Waals surface area contributed by atoms with Gasteiger partial charge in [0.05, 0.1) is 4.90 Å². The SMILES string of the molecule is Cc1ccc(Oc2ncccc2C(=O)N2CCCN(Cc3ccc(S(C)(=O)=O)cc3)CC2)cc1. The van der Waals surface area contributed by atoms with E-state index in [1.165, 1.54) is 6.26 Å². The smallest absolute Gasteiger partial charge is 0.259 e. The van der Waals surface area contributed by atoms with Crippen LogP contribution < -0.4 is 4.74 Å². The summed E-state index contributed by atoms with van der Waals surface area (Å²) in [7, 11) is -3.20. The second-order valence-electron chi connectivity index (χ2n) is 8.61. The van der Waals surface area contributed by atoms with Crippen LogP contribution in [0.25, 0.3) is 0 Å². The van der Waals surface area contributed by atoms with Crippen LogP contribution in [0.15, 0.2) is 71.8 Å². The van der Waals surface area contributed by atoms with Gasteiger partial charge in [-0.05, 0) is 55.3 Å². The Labute approximate surface area is 200 Å². The molecule has 0 N–H and O–H groups in total. The molecule has 0 spiro atoms. The van der Waals surface area contributed by atoms with Gasteiger partial charge in [-0.3, -0.25) is 9.69 Å². The van der Waals surface area contributed by atoms with Crippen molar-refractivity contribution < 1.29 is 17.9 Å². The molecule has 2 aromatic carbocycles. The average Bonchev–Trinajstić information content (AvgIpc) is 3.06. The van der Waals surface area contributed by atoms with Crippen LogP contribution in [0.3, 0.4) is 0 Å². The lowest BCUT2D eigenvalue weighted by molar-refractivity contribution is 0.0757. The number of rotatable bonds is 6. The second kappa shape index (κ2) is 10.4. The molecule has 3 aromatic rings. The summed E-state index contributed by atoms with van der Waals surface area (Å²) in [5.41, 5.74) is 2.63. The Hall–Kier alpha value is -3.23. The normalized spacial score (nSPS) is 15.1. The number of pyridine rings is 1. The van der Waals surface area contributed by atoms with Crippen molar-refractivity contribution in [3.8, 4) is 11.6 Å². The van der Waals surface area contributed by atoms with E-state index in [9.17, 15) is 13.2 Å². The zero-order chi connectivity index (χ0) is 24.1. The van der Waals surface area contributed by atoms with Gasteiger partial charge in [0.15, 0.2) is 9.84 Å². The summed E-state index contributed by atoms with van der Waals surface area (Å²) in [6, 6.07) is 18.2. The highest BCUT2D eigenvalue weighted by molar-refractivity contribution is 7.90. The number of ether oxygens (including phenoxy) is 1. The highest BCUT2D eigenvalue weighted by Crippen LogP contribution is 2.25. The van der Waals surface area contributed by atoms with Gasteiger partial charge in [0.1, 0.15) is 11.3 Å². The Morgan fingerprint density at radius 1 is 0.971 bits per heavy atom. The monoisotopic (exact) mass is 479 g/mol. The zero-order valence-electron chi connectivity index (χ0n) is 19.5. The molecule has 1 fully saturated rings. The van der Waals surface area contributed by atoms with E-state index in [1.54, 1.807) is 30.5 Å². The van der Waals surface area contributed by atoms with E-state index in [1.807, 2.05) is 48.2 Å². The number of nitrogens with zero attached hydrogens (tertiary/aromatic N) is 3. The molecule has 0 radical (unpaired) electrons. The summed E-state index contributed by atoms with van der Waals surface area (Å²) < 4.78 is 29.3. The zero-order valence-corrected chi connectivity index (χ0v) is 20.3. The minimum atomic E-state index is -3.20. The van der Waals surface area contributed by atoms with E-state index in [-0.39, 0.29) is 5.91 Å². The number of hydrogen-bond donors (Lipinski definition) is 0. The van der Waals surface area contributed by atoms with E-state index < -0.39 is 9.84 Å². The predicted molar refractivity (Wildman–Crippen MR) is 131 cm³/mol. The van der Waals surface area contributed by atoms with Crippen LogP contribution in [-0.4, -0.2) is 61.5 Å². The maximum Gasteiger partial charge on any atom is 0.259 e. The Balaban J connectivity index is 1.40. The summed E-state index contributed by atoms with van der Waals surface area (Å²) in [6.07, 6.45) is 3.68. The van der Waals surface area contributed by atoms with E-state index in [0.29, 0.717) is 41.7 Å². The number of aromatic nitrogens is 1. The highest BCUT2D eigenvalue weighted by Gasteiger charge is 2.24. The predicted octanol–water partition coefficient (Wildman–Crippen LogP) is 3.93. The van der Waals surface area contributed by atoms with Crippen molar-refractivity contribution >= 4 is 15.7 Å². The molecule has 1 saturated heterocycles. The summed E-state index contributed by atoms with van der Waals surface area (Å²) >= 11 is 0. The average molecular weight is 480 g/mol. The number of hydrogen-bond acceptors (Lipinski definition) is 6. The Morgan fingerprint density at radius 3 is 2.41 bits per heavy atom. The van der Waals surface area contributed by atoms with Crippen LogP contribution in [0.5, 0.6) is 11.6 Å². The first-order valence-corrected chi connectivity index (χ1v) is 13.2. The molecule has 7 nitrogen and oxygen atoms in total. The Bertz CT molecular complexity index is 1240. The van der Waals surface area contributed by atoms with E-state index in [0.717, 1.165) is 30.6 Å². The molecule has 0 saturated carbocycles. The molecule has 0 atom stereocenters. The third-order valence-electron chi connectivity index (χ3n) is 5.87. The Kier molecular flexibility index (Phi) is 7.29. The lowest BCUT2D eigenvalue weighted by atomic mass is 10.2. The number of benzene rings is 2. The molecule has 0 unspecified atom stereocenters. The van der Waals surface area contributed by atoms with Gasteiger partial charge >= 0.3 is 0 Å². The minimum absolute atomic E-state index is 0.0884. The molecular weight excluding hydrogens is 450 g/mol. The fourth-order valence-corrected chi connectivity index (χ4v) is 4.59. The van der Waals surface area contributed by atoms with Crippen molar-refractivity contribution in [2.75, 3.05) is 32.4 Å². The van der Waals surface area contributed by atoms with Crippen molar-refractivity contribution in [2.24, 2.45) is 0 Å². The topological polar surface area (TPSA) is 79.8 Å². The van der Waals surface area contributed by atoms with Gasteiger partial charge in [0, 0.05) is 45.2 Å². The van der Waals surface area contributed by atoms with Gasteiger partial charge in [-0.15, -0.1) is 0 Å². The number of aryl methyl sites for hydroxylation is 1. The maximum atomic E-state index is 13.3. The van der Waals surface area contributed by atoms with E-state index in [4.69, 9.17) is 4.74 Å². The molecule has 8 heteroatoms. The third kappa shape index (κ3) is 6.01. The summed E-state index contributed by atoms with van der Waals surface area (Å²) in [5.74, 6) is 0.861. The molecule has 0 aliphatic carbocycles. The van der Waals surface area contributed by atoms with Gasteiger partial charge in [-0.2, -0.15) is 0 Å². The van der Waals surface area contributed by atoms with Gasteiger partial charge < -0.3 is 9.64 Å². The lowest BCUT2D eigenvalue weighted by Crippen LogP contribution is -2.35. The summed E-state index contributed by atoms with van der Waals surface area (Å²) in [6.45, 7) is 5.55. The van der Waals surface area contributed by atoms with Crippen LogP contribution in [-0.2, 0) is 16.4 Å². The van der Waals surface area contributed by atoms with Gasteiger partial charge in [0.2, 0.25) is 5.88 Å². The van der Waals surface area contributed by atoms with Gasteiger partial charge in [-0.25, -0.2) is 13.4 Å². The van der Waals surface area contributed by atoms with Crippen molar-refractivity contribution in [3.63, 3.8) is 0 Å². The fourth-order valence-electron chi connectivity index (χ4n) is 3.96. The van der Waals surface area contributed by atoms with Crippen LogP contribution in [0.1, 0.15) is 27.9 Å². The van der Waals surface area contributed by atoms with Crippen LogP contribution in [0, 0.1) is 6.92 Å². The molecule has 1 amide bonds. The van der Waals surface area contributed by atoms with E-state index >= 15 is 0 Å². The van der Waals surface area contributed by atoms with E-state index in [2.05, 4.69) is 9.88 Å². The molecule has 4 rings (SSSR count). The first kappa shape index (κ1) is 23.9. The molecule has 1 aromatic heterocycles. The molecular formula is C26H29N3O4S. The number of sulfone groups is 1. The second-order valence-corrected chi connectivity index (χ2v) is 10.6. The number of carbonyl (C=O) groups is 1. The quantitative estimate of drug-likeness (QED) is 0.533. The van der Waals surface area contributed by atoms with Crippen LogP contribution in [0.2, 0.25) is 0 Å². The molecule has 1 aliphatic rings. The van der Waals surface area contributed by atoms with Crippen LogP contribution >= 0.6 is 0 Å².